The molecule has 6 amide bonds. The molecule has 2 saturated heterocycles. The Morgan fingerprint density at radius 3 is 2.34 bits per heavy atom. The first-order chi connectivity index (χ1) is 22.6. The first-order valence-electron chi connectivity index (χ1n) is 16.2. The maximum absolute atomic E-state index is 13.9. The third kappa shape index (κ3) is 9.41. The fourth-order valence-electron chi connectivity index (χ4n) is 5.88. The lowest BCUT2D eigenvalue weighted by Gasteiger charge is -2.30. The largest absolute Gasteiger partial charge is 0.391 e. The molecule has 2 aliphatic rings. The normalized spacial score (nSPS) is 26.0. The molecular weight excluding hydrogens is 606 g/mol. The number of fused-ring (bicyclic) bond motifs is 1. The van der Waals surface area contributed by atoms with Crippen LogP contribution >= 0.6 is 0 Å². The van der Waals surface area contributed by atoms with Crippen molar-refractivity contribution in [2.24, 2.45) is 0 Å². The number of aliphatic hydroxyl groups is 1. The highest BCUT2D eigenvalue weighted by molar-refractivity contribution is 5.99. The van der Waals surface area contributed by atoms with Crippen LogP contribution in [-0.4, -0.2) is 99.8 Å². The van der Waals surface area contributed by atoms with Crippen LogP contribution in [0.4, 0.5) is 0 Å². The van der Waals surface area contributed by atoms with E-state index in [4.69, 9.17) is 0 Å². The molecule has 0 radical (unpaired) electrons. The van der Waals surface area contributed by atoms with Crippen LogP contribution in [-0.2, 0) is 30.4 Å². The molecule has 0 saturated carbocycles. The van der Waals surface area contributed by atoms with E-state index in [1.165, 1.54) is 18.0 Å². The van der Waals surface area contributed by atoms with Gasteiger partial charge in [-0.2, -0.15) is 0 Å². The molecule has 0 bridgehead atoms. The molecule has 2 aliphatic heterocycles. The van der Waals surface area contributed by atoms with Crippen LogP contribution in [0.25, 0.3) is 0 Å². The summed E-state index contributed by atoms with van der Waals surface area (Å²) < 4.78 is 0. The molecule has 0 unspecified atom stereocenters. The van der Waals surface area contributed by atoms with Crippen molar-refractivity contribution in [2.45, 2.75) is 95.1 Å². The Morgan fingerprint density at radius 2 is 1.66 bits per heavy atom. The standard InChI is InChI=1S/C33H45N7O7/c1-3-23-29(43)39-27(20(2)41)32(46)38-25(18-21-10-5-4-6-11-21)33(47)40-17-9-13-26(40)31(45)35-15-8-7-12-24(30(44)36-23)37-28(42)22-14-16-34-19-22/h4-6,10-11,14,16,19-20,23-27,34,41H,3,7-9,12-13,15,17-18H2,1-2H3,(H,35,45)(H,36,44)(H,37,42)(H,38,46)(H,39,43)/t20-,23+,24+,25-,26+,27+/m1/s1. The van der Waals surface area contributed by atoms with Crippen molar-refractivity contribution in [1.82, 2.24) is 36.5 Å². The van der Waals surface area contributed by atoms with Gasteiger partial charge in [-0.15, -0.1) is 0 Å². The third-order valence-corrected chi connectivity index (χ3v) is 8.54. The van der Waals surface area contributed by atoms with Crippen molar-refractivity contribution in [1.29, 1.82) is 0 Å². The van der Waals surface area contributed by atoms with Gasteiger partial charge in [-0.3, -0.25) is 28.8 Å². The van der Waals surface area contributed by atoms with E-state index in [-0.39, 0.29) is 31.7 Å². The van der Waals surface area contributed by atoms with E-state index in [1.807, 2.05) is 30.3 Å². The van der Waals surface area contributed by atoms with E-state index in [0.29, 0.717) is 37.8 Å². The molecule has 0 spiro atoms. The second kappa shape index (κ2) is 16.7. The number of nitrogens with one attached hydrogen (secondary N) is 6. The zero-order valence-corrected chi connectivity index (χ0v) is 26.8. The van der Waals surface area contributed by atoms with Gasteiger partial charge in [-0.1, -0.05) is 37.3 Å². The summed E-state index contributed by atoms with van der Waals surface area (Å²) in [6.45, 7) is 3.64. The minimum absolute atomic E-state index is 0.125. The van der Waals surface area contributed by atoms with Gasteiger partial charge in [0.1, 0.15) is 30.2 Å². The number of hydrogen-bond acceptors (Lipinski definition) is 7. The predicted octanol–water partition coefficient (Wildman–Crippen LogP) is -0.108. The molecule has 1 aromatic carbocycles. The summed E-state index contributed by atoms with van der Waals surface area (Å²) in [7, 11) is 0. The van der Waals surface area contributed by atoms with E-state index in [2.05, 4.69) is 31.6 Å². The Hall–Kier alpha value is -4.72. The van der Waals surface area contributed by atoms with E-state index in [9.17, 15) is 33.9 Å². The number of rotatable bonds is 6. The molecule has 14 nitrogen and oxygen atoms in total. The number of aromatic amines is 1. The number of aromatic nitrogens is 1. The van der Waals surface area contributed by atoms with Gasteiger partial charge >= 0.3 is 0 Å². The smallest absolute Gasteiger partial charge is 0.253 e. The van der Waals surface area contributed by atoms with Crippen LogP contribution in [0.2, 0.25) is 0 Å². The molecule has 1 aromatic heterocycles. The van der Waals surface area contributed by atoms with E-state index >= 15 is 0 Å². The second-order valence-corrected chi connectivity index (χ2v) is 12.0. The summed E-state index contributed by atoms with van der Waals surface area (Å²) >= 11 is 0. The fourth-order valence-corrected chi connectivity index (χ4v) is 5.88. The van der Waals surface area contributed by atoms with Gasteiger partial charge in [0, 0.05) is 31.9 Å². The highest BCUT2D eigenvalue weighted by Crippen LogP contribution is 2.20. The maximum Gasteiger partial charge on any atom is 0.253 e. The molecule has 14 heteroatoms. The summed E-state index contributed by atoms with van der Waals surface area (Å²) in [5, 5.41) is 24.1. The molecule has 3 heterocycles. The van der Waals surface area contributed by atoms with Crippen LogP contribution < -0.4 is 26.6 Å². The monoisotopic (exact) mass is 651 g/mol. The predicted molar refractivity (Wildman–Crippen MR) is 172 cm³/mol. The van der Waals surface area contributed by atoms with Crippen LogP contribution in [0.1, 0.15) is 68.3 Å². The van der Waals surface area contributed by atoms with Crippen molar-refractivity contribution in [3.05, 3.63) is 59.9 Å². The zero-order valence-electron chi connectivity index (χ0n) is 26.8. The molecule has 2 fully saturated rings. The molecule has 4 rings (SSSR count). The topological polar surface area (TPSA) is 202 Å². The lowest BCUT2D eigenvalue weighted by molar-refractivity contribution is -0.142. The molecular formula is C33H45N7O7. The van der Waals surface area contributed by atoms with Crippen molar-refractivity contribution >= 4 is 35.4 Å². The highest BCUT2D eigenvalue weighted by atomic mass is 16.3. The van der Waals surface area contributed by atoms with E-state index < -0.39 is 65.8 Å². The van der Waals surface area contributed by atoms with Crippen molar-refractivity contribution < 1.29 is 33.9 Å². The van der Waals surface area contributed by atoms with E-state index in [0.717, 1.165) is 5.56 Å². The average Bonchev–Trinajstić information content (AvgIpc) is 3.78. The maximum atomic E-state index is 13.9. The first kappa shape index (κ1) is 35.1. The van der Waals surface area contributed by atoms with Gasteiger partial charge < -0.3 is 41.6 Å². The Labute approximate surface area is 273 Å². The van der Waals surface area contributed by atoms with Crippen molar-refractivity contribution in [2.75, 3.05) is 13.1 Å². The molecule has 0 aliphatic carbocycles. The number of carbonyl (C=O) groups is 6. The van der Waals surface area contributed by atoms with Gasteiger partial charge in [-0.05, 0) is 57.1 Å². The van der Waals surface area contributed by atoms with Crippen LogP contribution in [0.15, 0.2) is 48.8 Å². The quantitative estimate of drug-likeness (QED) is 0.226. The van der Waals surface area contributed by atoms with E-state index in [1.54, 1.807) is 19.2 Å². The Balaban J connectivity index is 1.61. The number of H-pyrrole nitrogens is 1. The van der Waals surface area contributed by atoms with Crippen LogP contribution in [0.5, 0.6) is 0 Å². The minimum Gasteiger partial charge on any atom is -0.391 e. The number of aliphatic hydroxyl groups excluding tert-OH is 1. The average molecular weight is 652 g/mol. The Kier molecular flexibility index (Phi) is 12.5. The summed E-state index contributed by atoms with van der Waals surface area (Å²) in [4.78, 5) is 84.7. The van der Waals surface area contributed by atoms with Crippen LogP contribution in [0, 0.1) is 0 Å². The van der Waals surface area contributed by atoms with Gasteiger partial charge in [-0.25, -0.2) is 0 Å². The van der Waals surface area contributed by atoms with Gasteiger partial charge in [0.25, 0.3) is 5.91 Å². The summed E-state index contributed by atoms with van der Waals surface area (Å²) in [6.07, 6.45) is 4.26. The van der Waals surface area contributed by atoms with Crippen LogP contribution in [0.3, 0.4) is 0 Å². The lowest BCUT2D eigenvalue weighted by Crippen LogP contribution is -2.61. The molecule has 47 heavy (non-hydrogen) atoms. The zero-order chi connectivity index (χ0) is 33.9. The van der Waals surface area contributed by atoms with Crippen molar-refractivity contribution in [3.8, 4) is 0 Å². The Bertz CT molecular complexity index is 1400. The van der Waals surface area contributed by atoms with Gasteiger partial charge in [0.05, 0.1) is 11.7 Å². The summed E-state index contributed by atoms with van der Waals surface area (Å²) in [6, 6.07) is 5.32. The number of benzene rings is 1. The molecule has 6 atom stereocenters. The SMILES string of the molecule is CC[C@@H]1NC(=O)[C@@H](NC(=O)c2cc[nH]c2)CCCCNC(=O)[C@@H]2CCCN2C(=O)[C@@H](Cc2ccccc2)NC(=O)[C@H]([C@@H](C)O)NC1=O. The minimum atomic E-state index is -1.46. The Morgan fingerprint density at radius 1 is 0.915 bits per heavy atom. The fraction of sp³-hybridized carbons (Fsp3) is 0.515. The molecule has 2 aromatic rings. The molecule has 254 valence electrons. The summed E-state index contributed by atoms with van der Waals surface area (Å²) in [5.41, 5.74) is 1.10. The molecule has 7 N–H and O–H groups in total. The lowest BCUT2D eigenvalue weighted by atomic mass is 10.0. The first-order valence-corrected chi connectivity index (χ1v) is 16.2. The number of carbonyl (C=O) groups excluding carboxylic acids is 6. The van der Waals surface area contributed by atoms with Gasteiger partial charge in [0.15, 0.2) is 0 Å². The van der Waals surface area contributed by atoms with Gasteiger partial charge in [0.2, 0.25) is 29.5 Å². The third-order valence-electron chi connectivity index (χ3n) is 8.54. The highest BCUT2D eigenvalue weighted by Gasteiger charge is 2.39. The summed E-state index contributed by atoms with van der Waals surface area (Å²) in [5.74, 6) is -3.32. The number of nitrogens with zero attached hydrogens (tertiary/aromatic N) is 1. The second-order valence-electron chi connectivity index (χ2n) is 12.0. The number of hydrogen-bond donors (Lipinski definition) is 7. The van der Waals surface area contributed by atoms with Crippen molar-refractivity contribution in [3.63, 3.8) is 0 Å². The number of amides is 6.